The molecule has 3 aromatic carbocycles. The second-order valence-electron chi connectivity index (χ2n) is 9.20. The van der Waals surface area contributed by atoms with E-state index in [0.29, 0.717) is 26.2 Å². The van der Waals surface area contributed by atoms with Crippen molar-refractivity contribution in [1.82, 2.24) is 0 Å². The molecule has 0 aliphatic heterocycles. The molecule has 0 saturated heterocycles. The minimum Gasteiger partial charge on any atom is -0.491 e. The molecule has 0 aromatic heterocycles. The van der Waals surface area contributed by atoms with Crippen molar-refractivity contribution in [3.05, 3.63) is 99.6 Å². The van der Waals surface area contributed by atoms with Gasteiger partial charge in [-0.2, -0.15) is 0 Å². The molecule has 0 heterocycles. The van der Waals surface area contributed by atoms with Crippen LogP contribution in [0.3, 0.4) is 0 Å². The maximum Gasteiger partial charge on any atom is 0.333 e. The predicted octanol–water partition coefficient (Wildman–Crippen LogP) is 6.51. The fraction of sp³-hybridized carbons (Fsp3) is 0.344. The van der Waals surface area contributed by atoms with E-state index in [2.05, 4.69) is 62.4 Å². The Morgan fingerprint density at radius 3 is 1.89 bits per heavy atom. The van der Waals surface area contributed by atoms with Crippen LogP contribution in [-0.2, 0) is 33.5 Å². The number of fused-ring (bicyclic) bond motifs is 2. The fourth-order valence-corrected chi connectivity index (χ4v) is 4.66. The Kier molecular flexibility index (Phi) is 9.15. The fourth-order valence-electron chi connectivity index (χ4n) is 4.66. The molecular formula is C32H36O5. The Balaban J connectivity index is 1.42. The van der Waals surface area contributed by atoms with Crippen LogP contribution in [0.2, 0.25) is 0 Å². The van der Waals surface area contributed by atoms with E-state index in [1.54, 1.807) is 6.92 Å². The van der Waals surface area contributed by atoms with Gasteiger partial charge >= 0.3 is 5.97 Å². The number of carbonyl (C=O) groups is 1. The quantitative estimate of drug-likeness (QED) is 0.287. The summed E-state index contributed by atoms with van der Waals surface area (Å²) in [6.45, 7) is 7.34. The number of rotatable bonds is 12. The second-order valence-corrected chi connectivity index (χ2v) is 9.20. The zero-order valence-corrected chi connectivity index (χ0v) is 21.9. The molecule has 1 aliphatic rings. The van der Waals surface area contributed by atoms with Crippen LogP contribution in [0.15, 0.2) is 60.7 Å². The van der Waals surface area contributed by atoms with Crippen LogP contribution in [0.1, 0.15) is 65.8 Å². The maximum absolute atomic E-state index is 11.3. The first-order valence-electron chi connectivity index (χ1n) is 13.1. The third-order valence-corrected chi connectivity index (χ3v) is 6.75. The highest BCUT2D eigenvalue weighted by molar-refractivity contribution is 5.77. The summed E-state index contributed by atoms with van der Waals surface area (Å²) in [7, 11) is 0. The van der Waals surface area contributed by atoms with Crippen molar-refractivity contribution in [3.8, 4) is 5.75 Å². The summed E-state index contributed by atoms with van der Waals surface area (Å²) in [5.74, 6) is -0.229. The minimum atomic E-state index is -0.951. The average Bonchev–Trinajstić information content (AvgIpc) is 3.07. The standard InChI is InChI=1S/C32H36O5/c1-4-22-9-15-28-25(19-22)11-12-26-20-23(5-2)10-16-29(26)31(28)37-18-17-36-27-13-7-24(8-14-27)21-30(32(33)34)35-6-3/h7-16,19-20,30-31H,4-6,17-18,21H2,1-3H3,(H,33,34). The number of carboxylic acids is 1. The molecule has 4 rings (SSSR count). The second kappa shape index (κ2) is 12.7. The first-order chi connectivity index (χ1) is 18.0. The van der Waals surface area contributed by atoms with Gasteiger partial charge in [0.1, 0.15) is 18.5 Å². The van der Waals surface area contributed by atoms with Gasteiger partial charge in [0.25, 0.3) is 0 Å². The van der Waals surface area contributed by atoms with Gasteiger partial charge in [-0.15, -0.1) is 0 Å². The van der Waals surface area contributed by atoms with E-state index in [1.165, 1.54) is 33.4 Å². The first kappa shape index (κ1) is 26.6. The lowest BCUT2D eigenvalue weighted by Crippen LogP contribution is -2.26. The summed E-state index contributed by atoms with van der Waals surface area (Å²) in [6, 6.07) is 20.8. The van der Waals surface area contributed by atoms with Gasteiger partial charge in [-0.3, -0.25) is 0 Å². The Bertz CT molecular complexity index is 1170. The van der Waals surface area contributed by atoms with Gasteiger partial charge in [0.05, 0.1) is 6.61 Å². The summed E-state index contributed by atoms with van der Waals surface area (Å²) in [4.78, 5) is 11.3. The van der Waals surface area contributed by atoms with E-state index in [1.807, 2.05) is 24.3 Å². The van der Waals surface area contributed by atoms with Crippen molar-refractivity contribution in [2.24, 2.45) is 0 Å². The van der Waals surface area contributed by atoms with E-state index in [0.717, 1.165) is 24.2 Å². The van der Waals surface area contributed by atoms with E-state index < -0.39 is 12.1 Å². The summed E-state index contributed by atoms with van der Waals surface area (Å²) >= 11 is 0. The van der Waals surface area contributed by atoms with Crippen molar-refractivity contribution >= 4 is 18.1 Å². The van der Waals surface area contributed by atoms with Crippen LogP contribution < -0.4 is 4.74 Å². The molecule has 1 unspecified atom stereocenters. The number of ether oxygens (including phenoxy) is 3. The average molecular weight is 501 g/mol. The Hall–Kier alpha value is -3.41. The van der Waals surface area contributed by atoms with Crippen LogP contribution in [0.4, 0.5) is 0 Å². The highest BCUT2D eigenvalue weighted by atomic mass is 16.5. The normalized spacial score (nSPS) is 13.5. The minimum absolute atomic E-state index is 0.172. The van der Waals surface area contributed by atoms with Crippen molar-refractivity contribution in [2.75, 3.05) is 19.8 Å². The smallest absolute Gasteiger partial charge is 0.333 e. The van der Waals surface area contributed by atoms with E-state index in [4.69, 9.17) is 14.2 Å². The lowest BCUT2D eigenvalue weighted by Gasteiger charge is -2.22. The van der Waals surface area contributed by atoms with Crippen molar-refractivity contribution < 1.29 is 24.1 Å². The van der Waals surface area contributed by atoms with Gasteiger partial charge in [0.15, 0.2) is 6.10 Å². The topological polar surface area (TPSA) is 65.0 Å². The molecule has 5 nitrogen and oxygen atoms in total. The molecule has 0 spiro atoms. The van der Waals surface area contributed by atoms with Gasteiger partial charge in [0.2, 0.25) is 0 Å². The molecule has 5 heteroatoms. The number of aryl methyl sites for hydroxylation is 2. The summed E-state index contributed by atoms with van der Waals surface area (Å²) in [6.07, 6.45) is 5.70. The lowest BCUT2D eigenvalue weighted by molar-refractivity contribution is -0.149. The van der Waals surface area contributed by atoms with Crippen LogP contribution in [0.25, 0.3) is 12.2 Å². The third-order valence-electron chi connectivity index (χ3n) is 6.75. The molecule has 37 heavy (non-hydrogen) atoms. The van der Waals surface area contributed by atoms with Crippen molar-refractivity contribution in [1.29, 1.82) is 0 Å². The van der Waals surface area contributed by atoms with E-state index in [9.17, 15) is 9.90 Å². The van der Waals surface area contributed by atoms with E-state index >= 15 is 0 Å². The molecular weight excluding hydrogens is 464 g/mol. The number of carboxylic acid groups (broad SMARTS) is 1. The Labute approximate surface area is 219 Å². The van der Waals surface area contributed by atoms with Gasteiger partial charge in [0, 0.05) is 13.0 Å². The SMILES string of the molecule is CCOC(Cc1ccc(OCCOC2c3ccc(CC)cc3C=Cc3cc(CC)ccc32)cc1)C(=O)O. The largest absolute Gasteiger partial charge is 0.491 e. The molecule has 1 N–H and O–H groups in total. The van der Waals surface area contributed by atoms with Gasteiger partial charge in [-0.05, 0) is 70.8 Å². The van der Waals surface area contributed by atoms with Crippen LogP contribution >= 0.6 is 0 Å². The van der Waals surface area contributed by atoms with E-state index in [-0.39, 0.29) is 6.10 Å². The zero-order chi connectivity index (χ0) is 26.2. The molecule has 0 amide bonds. The first-order valence-corrected chi connectivity index (χ1v) is 13.1. The third kappa shape index (κ3) is 6.68. The van der Waals surface area contributed by atoms with Gasteiger partial charge in [-0.1, -0.05) is 74.5 Å². The monoisotopic (exact) mass is 500 g/mol. The summed E-state index contributed by atoms with van der Waals surface area (Å²) in [5.41, 5.74) is 8.24. The number of aliphatic carboxylic acids is 1. The predicted molar refractivity (Wildman–Crippen MR) is 147 cm³/mol. The Morgan fingerprint density at radius 2 is 1.38 bits per heavy atom. The number of hydrogen-bond donors (Lipinski definition) is 1. The molecule has 0 bridgehead atoms. The van der Waals surface area contributed by atoms with Crippen LogP contribution in [0.5, 0.6) is 5.75 Å². The molecule has 3 aromatic rings. The molecule has 1 atom stereocenters. The number of benzene rings is 3. The highest BCUT2D eigenvalue weighted by Gasteiger charge is 2.23. The highest BCUT2D eigenvalue weighted by Crippen LogP contribution is 2.36. The van der Waals surface area contributed by atoms with Gasteiger partial charge in [-0.25, -0.2) is 4.79 Å². The molecule has 0 radical (unpaired) electrons. The molecule has 1 aliphatic carbocycles. The lowest BCUT2D eigenvalue weighted by atomic mass is 9.93. The summed E-state index contributed by atoms with van der Waals surface area (Å²) < 4.78 is 17.7. The van der Waals surface area contributed by atoms with Crippen LogP contribution in [-0.4, -0.2) is 37.0 Å². The summed E-state index contributed by atoms with van der Waals surface area (Å²) in [5, 5.41) is 9.30. The van der Waals surface area contributed by atoms with Crippen LogP contribution in [0, 0.1) is 0 Å². The molecule has 0 saturated carbocycles. The maximum atomic E-state index is 11.3. The van der Waals surface area contributed by atoms with Gasteiger partial charge < -0.3 is 19.3 Å². The van der Waals surface area contributed by atoms with Crippen molar-refractivity contribution in [3.63, 3.8) is 0 Å². The Morgan fingerprint density at radius 1 is 0.811 bits per heavy atom. The van der Waals surface area contributed by atoms with Crippen molar-refractivity contribution in [2.45, 2.75) is 52.2 Å². The molecule has 194 valence electrons. The molecule has 0 fully saturated rings. The zero-order valence-electron chi connectivity index (χ0n) is 21.9. The number of hydrogen-bond acceptors (Lipinski definition) is 4.